The van der Waals surface area contributed by atoms with Crippen molar-refractivity contribution >= 4 is 17.5 Å². The minimum absolute atomic E-state index is 0.0554. The number of hydrogen-bond donors (Lipinski definition) is 1. The molecule has 122 valence electrons. The Balaban J connectivity index is 1.58. The molecule has 4 heteroatoms. The van der Waals surface area contributed by atoms with Gasteiger partial charge in [-0.3, -0.25) is 4.79 Å². The number of nitrogens with one attached hydrogen (secondary N) is 1. The van der Waals surface area contributed by atoms with Crippen LogP contribution in [0, 0.1) is 6.92 Å². The maximum atomic E-state index is 11.8. The maximum Gasteiger partial charge on any atom is 0.220 e. The summed E-state index contributed by atoms with van der Waals surface area (Å²) in [6, 6.07) is 15.6. The molecule has 0 heterocycles. The molecule has 0 aliphatic rings. The number of carbonyl (C=O) groups excluding carboxylic acids is 1. The van der Waals surface area contributed by atoms with E-state index in [2.05, 4.69) is 5.32 Å². The molecule has 0 bridgehead atoms. The molecule has 1 N–H and O–H groups in total. The molecule has 23 heavy (non-hydrogen) atoms. The quantitative estimate of drug-likeness (QED) is 0.737. The third kappa shape index (κ3) is 6.74. The van der Waals surface area contributed by atoms with Gasteiger partial charge in [-0.05, 0) is 55.2 Å². The Bertz CT molecular complexity index is 643. The topological polar surface area (TPSA) is 38.3 Å². The van der Waals surface area contributed by atoms with E-state index in [9.17, 15) is 4.79 Å². The third-order valence-electron chi connectivity index (χ3n) is 3.43. The van der Waals surface area contributed by atoms with Crippen molar-refractivity contribution in [1.82, 2.24) is 5.32 Å². The molecule has 0 saturated carbocycles. The number of benzene rings is 2. The van der Waals surface area contributed by atoms with E-state index in [0.29, 0.717) is 26.0 Å². The van der Waals surface area contributed by atoms with E-state index < -0.39 is 0 Å². The predicted molar refractivity (Wildman–Crippen MR) is 94.1 cm³/mol. The molecule has 0 unspecified atom stereocenters. The van der Waals surface area contributed by atoms with E-state index in [-0.39, 0.29) is 5.91 Å². The van der Waals surface area contributed by atoms with Crippen LogP contribution in [0.3, 0.4) is 0 Å². The van der Waals surface area contributed by atoms with Crippen molar-refractivity contribution in [2.45, 2.75) is 26.2 Å². The number of carbonyl (C=O) groups is 1. The van der Waals surface area contributed by atoms with Crippen LogP contribution in [0.1, 0.15) is 24.0 Å². The maximum absolute atomic E-state index is 11.8. The number of amides is 1. The average molecular weight is 332 g/mol. The number of rotatable bonds is 8. The highest BCUT2D eigenvalue weighted by molar-refractivity contribution is 6.30. The Morgan fingerprint density at radius 3 is 2.78 bits per heavy atom. The van der Waals surface area contributed by atoms with Gasteiger partial charge in [-0.2, -0.15) is 0 Å². The lowest BCUT2D eigenvalue weighted by atomic mass is 10.1. The van der Waals surface area contributed by atoms with Crippen LogP contribution in [0.5, 0.6) is 5.75 Å². The van der Waals surface area contributed by atoms with Crippen molar-refractivity contribution in [2.24, 2.45) is 0 Å². The Kier molecular flexibility index (Phi) is 6.95. The van der Waals surface area contributed by atoms with Crippen molar-refractivity contribution in [3.05, 3.63) is 64.7 Å². The van der Waals surface area contributed by atoms with E-state index in [0.717, 1.165) is 22.8 Å². The fourth-order valence-electron chi connectivity index (χ4n) is 2.25. The molecule has 0 fully saturated rings. The number of aryl methyl sites for hydroxylation is 1. The molecule has 0 spiro atoms. The molecular weight excluding hydrogens is 310 g/mol. The Labute approximate surface area is 142 Å². The largest absolute Gasteiger partial charge is 0.494 e. The van der Waals surface area contributed by atoms with Gasteiger partial charge in [0, 0.05) is 18.0 Å². The SMILES string of the molecule is Cc1cccc(OCCCC(=O)NCCc2cccc(Cl)c2)c1. The first kappa shape index (κ1) is 17.4. The van der Waals surface area contributed by atoms with Gasteiger partial charge in [0.05, 0.1) is 6.61 Å². The zero-order chi connectivity index (χ0) is 16.5. The molecule has 0 aliphatic heterocycles. The molecule has 2 aromatic carbocycles. The van der Waals surface area contributed by atoms with Gasteiger partial charge in [-0.1, -0.05) is 35.9 Å². The molecule has 0 aliphatic carbocycles. The van der Waals surface area contributed by atoms with Gasteiger partial charge in [0.2, 0.25) is 5.91 Å². The molecule has 0 atom stereocenters. The van der Waals surface area contributed by atoms with Gasteiger partial charge >= 0.3 is 0 Å². The Morgan fingerprint density at radius 1 is 1.17 bits per heavy atom. The highest BCUT2D eigenvalue weighted by Crippen LogP contribution is 2.13. The summed E-state index contributed by atoms with van der Waals surface area (Å²) in [6.07, 6.45) is 1.96. The lowest BCUT2D eigenvalue weighted by Crippen LogP contribution is -2.25. The summed E-state index contributed by atoms with van der Waals surface area (Å²) in [5, 5.41) is 3.65. The van der Waals surface area contributed by atoms with Crippen LogP contribution in [0.2, 0.25) is 5.02 Å². The second-order valence-corrected chi connectivity index (χ2v) is 5.93. The highest BCUT2D eigenvalue weighted by Gasteiger charge is 2.02. The summed E-state index contributed by atoms with van der Waals surface area (Å²) < 4.78 is 5.63. The summed E-state index contributed by atoms with van der Waals surface area (Å²) in [6.45, 7) is 3.20. The van der Waals surface area contributed by atoms with Crippen molar-refractivity contribution < 1.29 is 9.53 Å². The normalized spacial score (nSPS) is 10.3. The molecule has 0 saturated heterocycles. The van der Waals surface area contributed by atoms with E-state index in [1.165, 1.54) is 5.56 Å². The minimum Gasteiger partial charge on any atom is -0.494 e. The van der Waals surface area contributed by atoms with Crippen LogP contribution in [-0.4, -0.2) is 19.1 Å². The summed E-state index contributed by atoms with van der Waals surface area (Å²) in [4.78, 5) is 11.8. The van der Waals surface area contributed by atoms with Crippen LogP contribution in [0.15, 0.2) is 48.5 Å². The van der Waals surface area contributed by atoms with Gasteiger partial charge in [0.15, 0.2) is 0 Å². The molecule has 0 radical (unpaired) electrons. The van der Waals surface area contributed by atoms with Crippen LogP contribution in [0.25, 0.3) is 0 Å². The molecule has 2 aromatic rings. The summed E-state index contributed by atoms with van der Waals surface area (Å²) in [5.41, 5.74) is 2.29. The van der Waals surface area contributed by atoms with Crippen LogP contribution >= 0.6 is 11.6 Å². The predicted octanol–water partition coefficient (Wildman–Crippen LogP) is 4.17. The van der Waals surface area contributed by atoms with Crippen molar-refractivity contribution in [3.8, 4) is 5.75 Å². The van der Waals surface area contributed by atoms with Crippen molar-refractivity contribution in [3.63, 3.8) is 0 Å². The molecule has 0 aromatic heterocycles. The lowest BCUT2D eigenvalue weighted by Gasteiger charge is -2.08. The van der Waals surface area contributed by atoms with Gasteiger partial charge in [0.1, 0.15) is 5.75 Å². The molecular formula is C19H22ClNO2. The third-order valence-corrected chi connectivity index (χ3v) is 3.67. The minimum atomic E-state index is 0.0554. The van der Waals surface area contributed by atoms with E-state index >= 15 is 0 Å². The summed E-state index contributed by atoms with van der Waals surface area (Å²) in [5.74, 6) is 0.909. The standard InChI is InChI=1S/C19H22ClNO2/c1-15-5-2-8-18(13-15)23-12-4-9-19(22)21-11-10-16-6-3-7-17(20)14-16/h2-3,5-8,13-14H,4,9-12H2,1H3,(H,21,22). The molecule has 3 nitrogen and oxygen atoms in total. The highest BCUT2D eigenvalue weighted by atomic mass is 35.5. The Hall–Kier alpha value is -2.00. The molecule has 1 amide bonds. The van der Waals surface area contributed by atoms with Gasteiger partial charge in [-0.25, -0.2) is 0 Å². The van der Waals surface area contributed by atoms with Gasteiger partial charge in [0.25, 0.3) is 0 Å². The second-order valence-electron chi connectivity index (χ2n) is 5.50. The van der Waals surface area contributed by atoms with E-state index in [1.54, 1.807) is 0 Å². The molecule has 2 rings (SSSR count). The second kappa shape index (κ2) is 9.21. The Morgan fingerprint density at radius 2 is 2.00 bits per heavy atom. The van der Waals surface area contributed by atoms with Crippen molar-refractivity contribution in [1.29, 1.82) is 0 Å². The van der Waals surface area contributed by atoms with E-state index in [1.807, 2.05) is 55.5 Å². The summed E-state index contributed by atoms with van der Waals surface area (Å²) >= 11 is 5.93. The fourth-order valence-corrected chi connectivity index (χ4v) is 2.47. The first-order chi connectivity index (χ1) is 11.1. The van der Waals surface area contributed by atoms with Gasteiger partial charge in [-0.15, -0.1) is 0 Å². The van der Waals surface area contributed by atoms with Crippen LogP contribution in [0.4, 0.5) is 0 Å². The van der Waals surface area contributed by atoms with E-state index in [4.69, 9.17) is 16.3 Å². The summed E-state index contributed by atoms with van der Waals surface area (Å²) in [7, 11) is 0. The van der Waals surface area contributed by atoms with Crippen LogP contribution < -0.4 is 10.1 Å². The zero-order valence-electron chi connectivity index (χ0n) is 13.3. The van der Waals surface area contributed by atoms with Crippen LogP contribution in [-0.2, 0) is 11.2 Å². The van der Waals surface area contributed by atoms with Gasteiger partial charge < -0.3 is 10.1 Å². The smallest absolute Gasteiger partial charge is 0.220 e. The number of hydrogen-bond acceptors (Lipinski definition) is 2. The first-order valence-corrected chi connectivity index (χ1v) is 8.22. The fraction of sp³-hybridized carbons (Fsp3) is 0.316. The number of halogens is 1. The lowest BCUT2D eigenvalue weighted by molar-refractivity contribution is -0.121. The first-order valence-electron chi connectivity index (χ1n) is 7.84. The average Bonchev–Trinajstić information content (AvgIpc) is 2.52. The number of ether oxygens (including phenoxy) is 1. The monoisotopic (exact) mass is 331 g/mol. The zero-order valence-corrected chi connectivity index (χ0v) is 14.1. The van der Waals surface area contributed by atoms with Crippen molar-refractivity contribution in [2.75, 3.05) is 13.2 Å².